The third-order valence-electron chi connectivity index (χ3n) is 0.354. The molecule has 1 saturated carbocycles. The molecule has 26 valence electrons. The summed E-state index contributed by atoms with van der Waals surface area (Å²) < 4.78 is 0. The van der Waals surface area contributed by atoms with Crippen molar-refractivity contribution in [3.8, 4) is 0 Å². The van der Waals surface area contributed by atoms with E-state index in [1.54, 1.807) is 0 Å². The Labute approximate surface area is 26.6 Å². The van der Waals surface area contributed by atoms with E-state index in [4.69, 9.17) is 0 Å². The van der Waals surface area contributed by atoms with E-state index in [2.05, 4.69) is 0 Å². The Hall–Kier alpha value is -0.0400. The van der Waals surface area contributed by atoms with Crippen LogP contribution < -0.4 is 6.15 Å². The van der Waals surface area contributed by atoms with Crippen LogP contribution in [-0.4, -0.2) is 0 Å². The average Bonchev–Trinajstić information content (AvgIpc) is 1.46. The molecule has 0 aromatic carbocycles. The van der Waals surface area contributed by atoms with Gasteiger partial charge in [0.15, 0.2) is 0 Å². The van der Waals surface area contributed by atoms with Crippen molar-refractivity contribution in [2.24, 2.45) is 0 Å². The predicted octanol–water partition coefficient (Wildman–Crippen LogP) is 1.33. The fraction of sp³-hybridized carbons (Fsp3) is 1.00. The van der Waals surface area contributed by atoms with Gasteiger partial charge in [0.2, 0.25) is 0 Å². The van der Waals surface area contributed by atoms with Gasteiger partial charge in [-0.3, -0.25) is 0 Å². The lowest BCUT2D eigenvalue weighted by atomic mass is 11.0. The first-order valence-corrected chi connectivity index (χ1v) is 1.50. The van der Waals surface area contributed by atoms with E-state index in [-0.39, 0.29) is 6.15 Å². The Bertz CT molecular complexity index is 8.00. The smallest absolute Gasteiger partial charge is 0.0533 e. The van der Waals surface area contributed by atoms with Crippen LogP contribution in [-0.2, 0) is 0 Å². The first kappa shape index (κ1) is 3.96. The fourth-order valence-electron chi connectivity index (χ4n) is 0. The summed E-state index contributed by atoms with van der Waals surface area (Å²) in [6.45, 7) is 0. The third-order valence-corrected chi connectivity index (χ3v) is 0.354. The first-order chi connectivity index (χ1) is 1.50. The molecular formula is C3H9N. The molecule has 1 nitrogen and oxygen atoms in total. The molecular weight excluding hydrogens is 50.0 g/mol. The molecule has 0 unspecified atom stereocenters. The van der Waals surface area contributed by atoms with Crippen LogP contribution in [0.3, 0.4) is 0 Å². The molecule has 1 fully saturated rings. The summed E-state index contributed by atoms with van der Waals surface area (Å²) in [5.74, 6) is 0. The summed E-state index contributed by atoms with van der Waals surface area (Å²) in [6, 6.07) is 0. The van der Waals surface area contributed by atoms with Gasteiger partial charge in [0.1, 0.15) is 0 Å². The van der Waals surface area contributed by atoms with Crippen molar-refractivity contribution in [1.82, 2.24) is 6.15 Å². The summed E-state index contributed by atoms with van der Waals surface area (Å²) in [7, 11) is 0. The van der Waals surface area contributed by atoms with Crippen LogP contribution in [0.15, 0.2) is 0 Å². The zero-order valence-corrected chi connectivity index (χ0v) is 2.83. The quantitative estimate of drug-likeness (QED) is 0.449. The number of hydrogen-bond donors (Lipinski definition) is 1. The topological polar surface area (TPSA) is 35.0 Å². The summed E-state index contributed by atoms with van der Waals surface area (Å²) in [5.41, 5.74) is 0. The number of hydrogen-bond acceptors (Lipinski definition) is 1. The van der Waals surface area contributed by atoms with E-state index in [1.807, 2.05) is 0 Å². The normalized spacial score (nSPS) is 18.0. The third kappa shape index (κ3) is 1.96. The molecule has 0 aromatic heterocycles. The van der Waals surface area contributed by atoms with Crippen molar-refractivity contribution in [3.63, 3.8) is 0 Å². The molecule has 0 heterocycles. The highest BCUT2D eigenvalue weighted by Gasteiger charge is 1.95. The highest BCUT2D eigenvalue weighted by atomic mass is 14.0. The van der Waals surface area contributed by atoms with Gasteiger partial charge >= 0.3 is 0 Å². The van der Waals surface area contributed by atoms with Gasteiger partial charge in [-0.25, -0.2) is 0 Å². The van der Waals surface area contributed by atoms with Gasteiger partial charge in [0.05, 0.1) is 0 Å². The summed E-state index contributed by atoms with van der Waals surface area (Å²) in [4.78, 5) is 0. The fourth-order valence-corrected chi connectivity index (χ4v) is 0. The van der Waals surface area contributed by atoms with Gasteiger partial charge in [-0.05, 0) is 0 Å². The maximum atomic E-state index is 1.50. The van der Waals surface area contributed by atoms with Gasteiger partial charge in [-0.1, -0.05) is 19.3 Å². The highest BCUT2D eigenvalue weighted by molar-refractivity contribution is 4.50. The summed E-state index contributed by atoms with van der Waals surface area (Å²) >= 11 is 0. The highest BCUT2D eigenvalue weighted by Crippen LogP contribution is 2.14. The minimum absolute atomic E-state index is 0. The monoisotopic (exact) mass is 59.1 g/mol. The molecule has 0 aliphatic heterocycles. The molecule has 0 atom stereocenters. The van der Waals surface area contributed by atoms with Gasteiger partial charge in [0, 0.05) is 0 Å². The maximum Gasteiger partial charge on any atom is -0.0533 e. The zero-order chi connectivity index (χ0) is 2.12. The van der Waals surface area contributed by atoms with Crippen LogP contribution in [0.4, 0.5) is 0 Å². The molecule has 1 rings (SSSR count). The maximum absolute atomic E-state index is 1.50. The van der Waals surface area contributed by atoms with Crippen molar-refractivity contribution in [2.75, 3.05) is 0 Å². The minimum Gasteiger partial charge on any atom is -0.344 e. The molecule has 0 bridgehead atoms. The van der Waals surface area contributed by atoms with Crippen molar-refractivity contribution < 1.29 is 0 Å². The predicted molar refractivity (Wildman–Crippen MR) is 18.9 cm³/mol. The van der Waals surface area contributed by atoms with Crippen LogP contribution in [0.1, 0.15) is 19.3 Å². The lowest BCUT2D eigenvalue weighted by Crippen LogP contribution is -0.856. The molecule has 4 heavy (non-hydrogen) atoms. The molecule has 0 spiro atoms. The van der Waals surface area contributed by atoms with Crippen LogP contribution in [0.25, 0.3) is 0 Å². The second-order valence-electron chi connectivity index (χ2n) is 1.06. The molecule has 0 saturated heterocycles. The molecule has 0 radical (unpaired) electrons. The van der Waals surface area contributed by atoms with Gasteiger partial charge in [-0.15, -0.1) is 0 Å². The van der Waals surface area contributed by atoms with E-state index < -0.39 is 0 Å². The van der Waals surface area contributed by atoms with Crippen LogP contribution in [0.2, 0.25) is 0 Å². The molecule has 1 heteroatoms. The average molecular weight is 59.1 g/mol. The van der Waals surface area contributed by atoms with E-state index in [0.717, 1.165) is 0 Å². The standard InChI is InChI=1S/C3H6.H3N/c1-2-3-1;/h1-3H2;1H3. The minimum atomic E-state index is 0. The Balaban J connectivity index is 0.0000000900. The second kappa shape index (κ2) is 1.30. The van der Waals surface area contributed by atoms with E-state index in [0.29, 0.717) is 0 Å². The van der Waals surface area contributed by atoms with E-state index in [9.17, 15) is 0 Å². The van der Waals surface area contributed by atoms with Crippen LogP contribution in [0, 0.1) is 0 Å². The second-order valence-corrected chi connectivity index (χ2v) is 1.06. The van der Waals surface area contributed by atoms with E-state index in [1.165, 1.54) is 19.3 Å². The van der Waals surface area contributed by atoms with Crippen molar-refractivity contribution >= 4 is 0 Å². The van der Waals surface area contributed by atoms with Gasteiger partial charge < -0.3 is 6.15 Å². The lowest BCUT2D eigenvalue weighted by Gasteiger charge is -1.05. The Kier molecular flexibility index (Phi) is 1.28. The molecule has 0 aromatic rings. The van der Waals surface area contributed by atoms with Gasteiger partial charge in [-0.2, -0.15) is 0 Å². The SMILES string of the molecule is C1CC1.N. The van der Waals surface area contributed by atoms with Crippen LogP contribution >= 0.6 is 0 Å². The molecule has 1 aliphatic rings. The summed E-state index contributed by atoms with van der Waals surface area (Å²) in [5, 5.41) is 0. The molecule has 0 amide bonds. The van der Waals surface area contributed by atoms with Gasteiger partial charge in [0.25, 0.3) is 0 Å². The Morgan fingerprint density at radius 2 is 1.00 bits per heavy atom. The van der Waals surface area contributed by atoms with Crippen molar-refractivity contribution in [1.29, 1.82) is 0 Å². The Morgan fingerprint density at radius 3 is 1.00 bits per heavy atom. The number of rotatable bonds is 0. The van der Waals surface area contributed by atoms with E-state index >= 15 is 0 Å². The largest absolute Gasteiger partial charge is 0.344 e. The lowest BCUT2D eigenvalue weighted by molar-refractivity contribution is 1.50. The first-order valence-electron chi connectivity index (χ1n) is 1.50. The summed E-state index contributed by atoms with van der Waals surface area (Å²) in [6.07, 6.45) is 4.50. The molecule has 1 aliphatic carbocycles. The van der Waals surface area contributed by atoms with Crippen LogP contribution in [0.5, 0.6) is 0 Å². The van der Waals surface area contributed by atoms with Crippen molar-refractivity contribution in [2.45, 2.75) is 19.3 Å². The zero-order valence-electron chi connectivity index (χ0n) is 2.83. The Morgan fingerprint density at radius 1 is 0.750 bits per heavy atom. The molecule has 3 N–H and O–H groups in total. The van der Waals surface area contributed by atoms with Crippen molar-refractivity contribution in [3.05, 3.63) is 0 Å².